The molecule has 5 nitrogen and oxygen atoms in total. The molecule has 1 aromatic rings. The van der Waals surface area contributed by atoms with Crippen molar-refractivity contribution in [3.05, 3.63) is 28.8 Å². The molecule has 2 rings (SSSR count). The Hall–Kier alpha value is -1.75. The molecule has 1 unspecified atom stereocenters. The number of urea groups is 1. The highest BCUT2D eigenvalue weighted by Gasteiger charge is 2.45. The predicted molar refractivity (Wildman–Crippen MR) is 77.3 cm³/mol. The van der Waals surface area contributed by atoms with Crippen LogP contribution in [0.4, 0.5) is 10.5 Å². The third kappa shape index (κ3) is 3.22. The molecule has 0 spiro atoms. The molecule has 2 amide bonds. The number of nitrogens with one attached hydrogen (secondary N) is 2. The molecule has 1 aliphatic rings. The Morgan fingerprint density at radius 3 is 2.65 bits per heavy atom. The third-order valence-electron chi connectivity index (χ3n) is 3.70. The van der Waals surface area contributed by atoms with Gasteiger partial charge in [-0.1, -0.05) is 31.5 Å². The first kappa shape index (κ1) is 14.7. The molecule has 6 heteroatoms. The number of benzene rings is 1. The third-order valence-corrected chi connectivity index (χ3v) is 4.02. The molecule has 0 bridgehead atoms. The Kier molecular flexibility index (Phi) is 3.90. The number of hydrogen-bond donors (Lipinski definition) is 3. The van der Waals surface area contributed by atoms with Crippen molar-refractivity contribution in [1.82, 2.24) is 5.32 Å². The molecule has 0 heterocycles. The maximum Gasteiger partial charge on any atom is 0.339 e. The molecule has 0 aliphatic heterocycles. The van der Waals surface area contributed by atoms with E-state index in [0.717, 1.165) is 6.42 Å². The summed E-state index contributed by atoms with van der Waals surface area (Å²) in [7, 11) is 0. The zero-order valence-corrected chi connectivity index (χ0v) is 12.1. The fourth-order valence-electron chi connectivity index (χ4n) is 2.15. The van der Waals surface area contributed by atoms with Gasteiger partial charge in [0.15, 0.2) is 0 Å². The molecular weight excluding hydrogens is 280 g/mol. The lowest BCUT2D eigenvalue weighted by Gasteiger charge is -2.11. The lowest BCUT2D eigenvalue weighted by molar-refractivity contribution is 0.0698. The summed E-state index contributed by atoms with van der Waals surface area (Å²) >= 11 is 5.83. The molecule has 1 aromatic carbocycles. The number of aromatic carboxylic acids is 1. The van der Waals surface area contributed by atoms with Gasteiger partial charge >= 0.3 is 12.0 Å². The molecule has 1 fully saturated rings. The van der Waals surface area contributed by atoms with Gasteiger partial charge in [0.25, 0.3) is 0 Å². The van der Waals surface area contributed by atoms with E-state index in [9.17, 15) is 9.59 Å². The summed E-state index contributed by atoms with van der Waals surface area (Å²) in [5, 5.41) is 14.5. The molecule has 20 heavy (non-hydrogen) atoms. The average Bonchev–Trinajstić information content (AvgIpc) is 2.94. The number of carbonyl (C=O) groups excluding carboxylic acids is 1. The van der Waals surface area contributed by atoms with E-state index in [1.807, 2.05) is 0 Å². The van der Waals surface area contributed by atoms with Crippen molar-refractivity contribution in [1.29, 1.82) is 0 Å². The van der Waals surface area contributed by atoms with Gasteiger partial charge < -0.3 is 15.7 Å². The first-order valence-electron chi connectivity index (χ1n) is 6.38. The van der Waals surface area contributed by atoms with E-state index in [1.165, 1.54) is 12.1 Å². The first-order chi connectivity index (χ1) is 9.31. The number of carbonyl (C=O) groups is 2. The minimum Gasteiger partial charge on any atom is -0.478 e. The fraction of sp³-hybridized carbons (Fsp3) is 0.429. The Bertz CT molecular complexity index is 557. The first-order valence-corrected chi connectivity index (χ1v) is 6.76. The minimum atomic E-state index is -1.17. The van der Waals surface area contributed by atoms with Crippen LogP contribution >= 0.6 is 11.6 Å². The number of carboxylic acid groups (broad SMARTS) is 1. The van der Waals surface area contributed by atoms with Gasteiger partial charge in [-0.2, -0.15) is 0 Å². The molecule has 1 aliphatic carbocycles. The summed E-state index contributed by atoms with van der Waals surface area (Å²) in [5.74, 6) is -0.694. The van der Waals surface area contributed by atoms with E-state index >= 15 is 0 Å². The zero-order chi connectivity index (χ0) is 14.9. The van der Waals surface area contributed by atoms with Crippen LogP contribution in [0, 0.1) is 11.3 Å². The van der Waals surface area contributed by atoms with Crippen LogP contribution in [-0.4, -0.2) is 23.7 Å². The van der Waals surface area contributed by atoms with Crippen LogP contribution in [0.15, 0.2) is 18.2 Å². The van der Waals surface area contributed by atoms with Crippen molar-refractivity contribution in [3.63, 3.8) is 0 Å². The Morgan fingerprint density at radius 2 is 2.10 bits per heavy atom. The quantitative estimate of drug-likeness (QED) is 0.798. The highest BCUT2D eigenvalue weighted by molar-refractivity contribution is 6.34. The van der Waals surface area contributed by atoms with Gasteiger partial charge in [0.2, 0.25) is 0 Å². The smallest absolute Gasteiger partial charge is 0.339 e. The maximum atomic E-state index is 11.8. The summed E-state index contributed by atoms with van der Waals surface area (Å²) in [6.45, 7) is 4.88. The molecule has 3 N–H and O–H groups in total. The van der Waals surface area contributed by atoms with Gasteiger partial charge in [-0.3, -0.25) is 0 Å². The van der Waals surface area contributed by atoms with Crippen LogP contribution in [0.1, 0.15) is 30.6 Å². The van der Waals surface area contributed by atoms with Crippen molar-refractivity contribution in [3.8, 4) is 0 Å². The number of anilines is 1. The van der Waals surface area contributed by atoms with Crippen molar-refractivity contribution in [2.24, 2.45) is 11.3 Å². The Balaban J connectivity index is 1.98. The number of rotatable bonds is 4. The topological polar surface area (TPSA) is 78.4 Å². The van der Waals surface area contributed by atoms with Crippen LogP contribution in [-0.2, 0) is 0 Å². The van der Waals surface area contributed by atoms with Gasteiger partial charge in [-0.05, 0) is 29.9 Å². The molecule has 1 atom stereocenters. The summed E-state index contributed by atoms with van der Waals surface area (Å²) in [4.78, 5) is 22.9. The fourth-order valence-corrected chi connectivity index (χ4v) is 2.41. The molecular formula is C14H17ClN2O3. The second-order valence-electron chi connectivity index (χ2n) is 5.69. The summed E-state index contributed by atoms with van der Waals surface area (Å²) in [5.41, 5.74) is 0.379. The average molecular weight is 297 g/mol. The number of halogens is 1. The van der Waals surface area contributed by atoms with E-state index in [0.29, 0.717) is 12.5 Å². The molecule has 1 saturated carbocycles. The lowest BCUT2D eigenvalue weighted by atomic mass is 10.1. The SMILES string of the molecule is CC1(C)CC1CNC(=O)Nc1cccc(Cl)c1C(=O)O. The molecule has 0 radical (unpaired) electrons. The van der Waals surface area contributed by atoms with Gasteiger partial charge in [0.05, 0.1) is 10.7 Å². The molecule has 0 aromatic heterocycles. The van der Waals surface area contributed by atoms with Gasteiger partial charge in [-0.15, -0.1) is 0 Å². The number of hydrogen-bond acceptors (Lipinski definition) is 2. The van der Waals surface area contributed by atoms with Crippen molar-refractivity contribution in [2.75, 3.05) is 11.9 Å². The van der Waals surface area contributed by atoms with Gasteiger partial charge in [-0.25, -0.2) is 9.59 Å². The van der Waals surface area contributed by atoms with Gasteiger partial charge in [0.1, 0.15) is 5.56 Å². The van der Waals surface area contributed by atoms with Gasteiger partial charge in [0, 0.05) is 6.54 Å². The minimum absolute atomic E-state index is 0.0960. The second-order valence-corrected chi connectivity index (χ2v) is 6.10. The van der Waals surface area contributed by atoms with Crippen LogP contribution in [0.2, 0.25) is 5.02 Å². The second kappa shape index (κ2) is 5.32. The maximum absolute atomic E-state index is 11.8. The zero-order valence-electron chi connectivity index (χ0n) is 11.4. The van der Waals surface area contributed by atoms with E-state index in [-0.39, 0.29) is 21.7 Å². The predicted octanol–water partition coefficient (Wildman–Crippen LogP) is 3.21. The van der Waals surface area contributed by atoms with Crippen LogP contribution < -0.4 is 10.6 Å². The normalized spacial score (nSPS) is 19.2. The molecule has 0 saturated heterocycles. The lowest BCUT2D eigenvalue weighted by Crippen LogP contribution is -2.31. The molecule has 108 valence electrons. The van der Waals surface area contributed by atoms with E-state index in [4.69, 9.17) is 16.7 Å². The van der Waals surface area contributed by atoms with Crippen LogP contribution in [0.25, 0.3) is 0 Å². The Labute approximate surface area is 122 Å². The summed E-state index contributed by atoms with van der Waals surface area (Å²) in [6, 6.07) is 4.16. The highest BCUT2D eigenvalue weighted by Crippen LogP contribution is 2.50. The monoisotopic (exact) mass is 296 g/mol. The Morgan fingerprint density at radius 1 is 1.45 bits per heavy atom. The van der Waals surface area contributed by atoms with Crippen LogP contribution in [0.3, 0.4) is 0 Å². The van der Waals surface area contributed by atoms with Crippen LogP contribution in [0.5, 0.6) is 0 Å². The number of carboxylic acids is 1. The highest BCUT2D eigenvalue weighted by atomic mass is 35.5. The standard InChI is InChI=1S/C14H17ClN2O3/c1-14(2)6-8(14)7-16-13(20)17-10-5-3-4-9(15)11(10)12(18)19/h3-5,8H,6-7H2,1-2H3,(H,18,19)(H2,16,17,20). The summed E-state index contributed by atoms with van der Waals surface area (Å²) in [6.07, 6.45) is 1.09. The number of amides is 2. The van der Waals surface area contributed by atoms with Crippen molar-refractivity contribution >= 4 is 29.3 Å². The van der Waals surface area contributed by atoms with E-state index in [2.05, 4.69) is 24.5 Å². The van der Waals surface area contributed by atoms with E-state index in [1.54, 1.807) is 6.07 Å². The van der Waals surface area contributed by atoms with E-state index < -0.39 is 12.0 Å². The van der Waals surface area contributed by atoms with Crippen molar-refractivity contribution < 1.29 is 14.7 Å². The summed E-state index contributed by atoms with van der Waals surface area (Å²) < 4.78 is 0. The largest absolute Gasteiger partial charge is 0.478 e. The van der Waals surface area contributed by atoms with Crippen molar-refractivity contribution in [2.45, 2.75) is 20.3 Å².